The average Bonchev–Trinajstić information content (AvgIpc) is 3.01. The fourth-order valence-electron chi connectivity index (χ4n) is 3.15. The average molecular weight is 326 g/mol. The van der Waals surface area contributed by atoms with Crippen molar-refractivity contribution >= 4 is 5.91 Å². The Morgan fingerprint density at radius 1 is 1.26 bits per heavy atom. The van der Waals surface area contributed by atoms with Crippen molar-refractivity contribution in [2.24, 2.45) is 0 Å². The summed E-state index contributed by atoms with van der Waals surface area (Å²) in [6, 6.07) is 3.90. The number of β-amino-alcohol motifs (C(OH)–C–C–N with tert-alkyl or cyclic N) is 1. The van der Waals surface area contributed by atoms with Crippen molar-refractivity contribution in [1.82, 2.24) is 9.96 Å². The summed E-state index contributed by atoms with van der Waals surface area (Å²) >= 11 is 0. The van der Waals surface area contributed by atoms with Crippen LogP contribution in [0.5, 0.6) is 0 Å². The molecule has 23 heavy (non-hydrogen) atoms. The molecule has 0 bridgehead atoms. The molecule has 2 aliphatic rings. The lowest BCUT2D eigenvalue weighted by Gasteiger charge is -2.39. The maximum absolute atomic E-state index is 13.8. The van der Waals surface area contributed by atoms with Crippen molar-refractivity contribution in [3.63, 3.8) is 0 Å². The van der Waals surface area contributed by atoms with Crippen molar-refractivity contribution in [2.75, 3.05) is 26.2 Å². The summed E-state index contributed by atoms with van der Waals surface area (Å²) in [6.07, 6.45) is 1.81. The number of aliphatic hydroxyl groups is 1. The molecule has 2 heterocycles. The monoisotopic (exact) mass is 326 g/mol. The van der Waals surface area contributed by atoms with E-state index in [1.165, 1.54) is 17.0 Å². The van der Waals surface area contributed by atoms with Gasteiger partial charge in [0.25, 0.3) is 5.91 Å². The fraction of sp³-hybridized carbons (Fsp3) is 0.562. The van der Waals surface area contributed by atoms with Crippen molar-refractivity contribution in [3.05, 3.63) is 35.4 Å². The first-order chi connectivity index (χ1) is 11.0. The third-order valence-electron chi connectivity index (χ3n) is 4.36. The van der Waals surface area contributed by atoms with Crippen LogP contribution in [0, 0.1) is 11.6 Å². The number of hydrogen-bond acceptors (Lipinski definition) is 4. The van der Waals surface area contributed by atoms with Gasteiger partial charge in [-0.2, -0.15) is 5.06 Å². The highest BCUT2D eigenvalue weighted by atomic mass is 19.2. The van der Waals surface area contributed by atoms with Gasteiger partial charge in [-0.1, -0.05) is 12.1 Å². The van der Waals surface area contributed by atoms with E-state index >= 15 is 0 Å². The molecular weight excluding hydrogens is 306 g/mol. The maximum Gasteiger partial charge on any atom is 0.256 e. The zero-order valence-corrected chi connectivity index (χ0v) is 12.8. The second kappa shape index (κ2) is 6.51. The van der Waals surface area contributed by atoms with Crippen LogP contribution in [-0.2, 0) is 16.2 Å². The number of piperidine rings is 1. The molecule has 7 heteroatoms. The summed E-state index contributed by atoms with van der Waals surface area (Å²) < 4.78 is 27.1. The van der Waals surface area contributed by atoms with E-state index < -0.39 is 23.1 Å². The molecular formula is C16H20F2N2O3. The summed E-state index contributed by atoms with van der Waals surface area (Å²) in [5, 5.41) is 12.3. The molecule has 126 valence electrons. The molecule has 3 rings (SSSR count). The second-order valence-corrected chi connectivity index (χ2v) is 6.13. The summed E-state index contributed by atoms with van der Waals surface area (Å²) in [6.45, 7) is 1.73. The van der Waals surface area contributed by atoms with Gasteiger partial charge in [-0.05, 0) is 25.3 Å². The third-order valence-corrected chi connectivity index (χ3v) is 4.36. The first-order valence-electron chi connectivity index (χ1n) is 7.82. The van der Waals surface area contributed by atoms with E-state index in [0.717, 1.165) is 12.5 Å². The Morgan fingerprint density at radius 3 is 2.83 bits per heavy atom. The minimum atomic E-state index is -1.54. The van der Waals surface area contributed by atoms with Crippen LogP contribution in [0.15, 0.2) is 18.2 Å². The van der Waals surface area contributed by atoms with E-state index in [1.54, 1.807) is 5.06 Å². The number of rotatable bonds is 4. The molecule has 1 aromatic carbocycles. The Labute approximate surface area is 133 Å². The van der Waals surface area contributed by atoms with Crippen LogP contribution in [0.2, 0.25) is 0 Å². The Balaban J connectivity index is 1.72. The highest BCUT2D eigenvalue weighted by Crippen LogP contribution is 2.27. The normalized spacial score (nSPS) is 26.0. The Kier molecular flexibility index (Phi) is 4.61. The van der Waals surface area contributed by atoms with Gasteiger partial charge in [0, 0.05) is 25.2 Å². The summed E-state index contributed by atoms with van der Waals surface area (Å²) in [5.41, 5.74) is -1.42. The van der Waals surface area contributed by atoms with Gasteiger partial charge in [-0.15, -0.1) is 0 Å². The molecule has 0 spiro atoms. The van der Waals surface area contributed by atoms with Gasteiger partial charge < -0.3 is 10.0 Å². The van der Waals surface area contributed by atoms with Crippen molar-refractivity contribution in [3.8, 4) is 0 Å². The predicted octanol–water partition coefficient (Wildman–Crippen LogP) is 1.46. The summed E-state index contributed by atoms with van der Waals surface area (Å²) in [7, 11) is 0. The molecule has 2 fully saturated rings. The third kappa shape index (κ3) is 3.36. The van der Waals surface area contributed by atoms with Crippen molar-refractivity contribution in [1.29, 1.82) is 0 Å². The Bertz CT molecular complexity index is 593. The highest BCUT2D eigenvalue weighted by molar-refractivity contribution is 5.86. The van der Waals surface area contributed by atoms with E-state index in [2.05, 4.69) is 0 Å². The number of benzene rings is 1. The molecule has 0 aromatic heterocycles. The quantitative estimate of drug-likeness (QED) is 0.910. The van der Waals surface area contributed by atoms with Crippen molar-refractivity contribution < 1.29 is 23.5 Å². The van der Waals surface area contributed by atoms with Gasteiger partial charge in [-0.25, -0.2) is 8.78 Å². The molecule has 0 saturated carbocycles. The van der Waals surface area contributed by atoms with Crippen LogP contribution in [0.3, 0.4) is 0 Å². The van der Waals surface area contributed by atoms with Gasteiger partial charge in [0.05, 0.1) is 13.2 Å². The van der Waals surface area contributed by atoms with E-state index in [-0.39, 0.29) is 18.7 Å². The number of amides is 1. The van der Waals surface area contributed by atoms with Gasteiger partial charge in [0.2, 0.25) is 0 Å². The van der Waals surface area contributed by atoms with Crippen LogP contribution in [-0.4, -0.2) is 52.8 Å². The van der Waals surface area contributed by atoms with Gasteiger partial charge in [-0.3, -0.25) is 9.63 Å². The first kappa shape index (κ1) is 16.3. The first-order valence-corrected chi connectivity index (χ1v) is 7.82. The number of likely N-dealkylation sites (tertiary alicyclic amines) is 1. The smallest absolute Gasteiger partial charge is 0.256 e. The van der Waals surface area contributed by atoms with Crippen LogP contribution >= 0.6 is 0 Å². The van der Waals surface area contributed by atoms with E-state index in [4.69, 9.17) is 4.84 Å². The minimum Gasteiger partial charge on any atom is -0.379 e. The van der Waals surface area contributed by atoms with E-state index in [0.29, 0.717) is 32.5 Å². The molecule has 2 aliphatic heterocycles. The Hall–Kier alpha value is -1.57. The molecule has 1 aromatic rings. The van der Waals surface area contributed by atoms with Gasteiger partial charge in [0.1, 0.15) is 0 Å². The maximum atomic E-state index is 13.8. The molecule has 1 atom stereocenters. The van der Waals surface area contributed by atoms with Crippen molar-refractivity contribution in [2.45, 2.75) is 31.4 Å². The lowest BCUT2D eigenvalue weighted by atomic mass is 9.91. The number of nitrogens with zero attached hydrogens (tertiary/aromatic N) is 2. The van der Waals surface area contributed by atoms with E-state index in [9.17, 15) is 18.7 Å². The standard InChI is InChI=1S/C16H20F2N2O3/c17-13-5-1-4-12(14(13)18)10-19-7-2-6-16(22,15(19)21)11-20-8-3-9-23-20/h1,4-5,22H,2-3,6-11H2. The highest BCUT2D eigenvalue weighted by Gasteiger charge is 2.44. The molecule has 5 nitrogen and oxygen atoms in total. The number of hydroxylamine groups is 2. The summed E-state index contributed by atoms with van der Waals surface area (Å²) in [4.78, 5) is 19.4. The zero-order chi connectivity index (χ0) is 16.4. The summed E-state index contributed by atoms with van der Waals surface area (Å²) in [5.74, 6) is -2.34. The minimum absolute atomic E-state index is 0.0500. The fourth-order valence-corrected chi connectivity index (χ4v) is 3.15. The van der Waals surface area contributed by atoms with Crippen LogP contribution in [0.25, 0.3) is 0 Å². The van der Waals surface area contributed by atoms with Crippen LogP contribution < -0.4 is 0 Å². The number of halogens is 2. The van der Waals surface area contributed by atoms with Crippen LogP contribution in [0.4, 0.5) is 8.78 Å². The van der Waals surface area contributed by atoms with Gasteiger partial charge >= 0.3 is 0 Å². The number of carbonyl (C=O) groups excluding carboxylic acids is 1. The lowest BCUT2D eigenvalue weighted by Crippen LogP contribution is -2.57. The molecule has 0 radical (unpaired) electrons. The van der Waals surface area contributed by atoms with Crippen LogP contribution in [0.1, 0.15) is 24.8 Å². The zero-order valence-electron chi connectivity index (χ0n) is 12.8. The largest absolute Gasteiger partial charge is 0.379 e. The van der Waals surface area contributed by atoms with E-state index in [1.807, 2.05) is 0 Å². The predicted molar refractivity (Wildman–Crippen MR) is 78.1 cm³/mol. The molecule has 1 amide bonds. The lowest BCUT2D eigenvalue weighted by molar-refractivity contribution is -0.182. The molecule has 2 saturated heterocycles. The Morgan fingerprint density at radius 2 is 2.09 bits per heavy atom. The number of hydrogen-bond donors (Lipinski definition) is 1. The molecule has 1 unspecified atom stereocenters. The second-order valence-electron chi connectivity index (χ2n) is 6.13. The SMILES string of the molecule is O=C1N(Cc2cccc(F)c2F)CCCC1(O)CN1CCCO1. The topological polar surface area (TPSA) is 53.0 Å². The number of carbonyl (C=O) groups is 1. The van der Waals surface area contributed by atoms with Gasteiger partial charge in [0.15, 0.2) is 17.2 Å². The molecule has 1 N–H and O–H groups in total. The molecule has 0 aliphatic carbocycles.